The van der Waals surface area contributed by atoms with Gasteiger partial charge in [0.15, 0.2) is 11.5 Å². The Morgan fingerprint density at radius 1 is 1.19 bits per heavy atom. The number of likely N-dealkylation sites (tertiary alicyclic amines) is 1. The number of piperidine rings is 1. The van der Waals surface area contributed by atoms with E-state index in [0.29, 0.717) is 42.6 Å². The van der Waals surface area contributed by atoms with Crippen molar-refractivity contribution in [3.05, 3.63) is 54.3 Å². The van der Waals surface area contributed by atoms with Crippen LogP contribution in [0.5, 0.6) is 0 Å². The Morgan fingerprint density at radius 2 is 2.04 bits per heavy atom. The van der Waals surface area contributed by atoms with E-state index in [1.165, 1.54) is 18.8 Å². The summed E-state index contributed by atoms with van der Waals surface area (Å²) in [6, 6.07) is 6.70. The predicted octanol–water partition coefficient (Wildman–Crippen LogP) is 2.81. The summed E-state index contributed by atoms with van der Waals surface area (Å²) in [6.45, 7) is 1.86. The van der Waals surface area contributed by atoms with Crippen LogP contribution >= 0.6 is 0 Å². The third-order valence-electron chi connectivity index (χ3n) is 4.73. The van der Waals surface area contributed by atoms with Gasteiger partial charge in [0.25, 0.3) is 11.8 Å². The number of rotatable bonds is 5. The molecular formula is C19H19N3O5. The third-order valence-corrected chi connectivity index (χ3v) is 4.73. The zero-order valence-corrected chi connectivity index (χ0v) is 14.6. The van der Waals surface area contributed by atoms with E-state index in [1.807, 2.05) is 4.90 Å². The molecule has 27 heavy (non-hydrogen) atoms. The monoisotopic (exact) mass is 369 g/mol. The second-order valence-corrected chi connectivity index (χ2v) is 6.51. The molecule has 0 radical (unpaired) electrons. The van der Waals surface area contributed by atoms with Gasteiger partial charge in [0.05, 0.1) is 18.1 Å². The Balaban J connectivity index is 1.25. The van der Waals surface area contributed by atoms with Crippen LogP contribution in [0, 0.1) is 5.92 Å². The third kappa shape index (κ3) is 3.79. The molecule has 1 N–H and O–H groups in total. The molecule has 2 amide bonds. The smallest absolute Gasteiger partial charge is 0.273 e. The number of hydrogen-bond donors (Lipinski definition) is 1. The molecule has 8 nitrogen and oxygen atoms in total. The SMILES string of the molecule is O=C(NCC1CCN(C(=O)c2ccoc2)CC1)c1cc(-c2ccco2)on1. The van der Waals surface area contributed by atoms with E-state index < -0.39 is 0 Å². The molecule has 3 aromatic rings. The first kappa shape index (κ1) is 17.1. The predicted molar refractivity (Wildman–Crippen MR) is 93.9 cm³/mol. The summed E-state index contributed by atoms with van der Waals surface area (Å²) in [7, 11) is 0. The molecule has 3 aromatic heterocycles. The molecule has 0 saturated carbocycles. The zero-order chi connectivity index (χ0) is 18.6. The molecule has 0 spiro atoms. The van der Waals surface area contributed by atoms with Gasteiger partial charge in [-0.1, -0.05) is 5.16 Å². The van der Waals surface area contributed by atoms with Crippen LogP contribution in [-0.2, 0) is 0 Å². The van der Waals surface area contributed by atoms with Gasteiger partial charge in [-0.2, -0.15) is 0 Å². The summed E-state index contributed by atoms with van der Waals surface area (Å²) >= 11 is 0. The Morgan fingerprint density at radius 3 is 2.74 bits per heavy atom. The minimum atomic E-state index is -0.284. The summed E-state index contributed by atoms with van der Waals surface area (Å²) in [5.41, 5.74) is 0.786. The second kappa shape index (κ2) is 7.53. The summed E-state index contributed by atoms with van der Waals surface area (Å²) in [5, 5.41) is 6.68. The standard InChI is InChI=1S/C19H19N3O5/c23-18(15-10-17(27-21-15)16-2-1-8-26-16)20-11-13-3-6-22(7-4-13)19(24)14-5-9-25-12-14/h1-2,5,8-10,12-13H,3-4,6-7,11H2,(H,20,23). The Hall–Kier alpha value is -3.29. The minimum Gasteiger partial charge on any atom is -0.472 e. The summed E-state index contributed by atoms with van der Waals surface area (Å²) in [5.74, 6) is 0.957. The van der Waals surface area contributed by atoms with Crippen LogP contribution in [0.1, 0.15) is 33.7 Å². The molecule has 4 heterocycles. The highest BCUT2D eigenvalue weighted by molar-refractivity contribution is 5.94. The first-order valence-corrected chi connectivity index (χ1v) is 8.81. The van der Waals surface area contributed by atoms with Crippen molar-refractivity contribution in [3.8, 4) is 11.5 Å². The van der Waals surface area contributed by atoms with Crippen molar-refractivity contribution in [1.82, 2.24) is 15.4 Å². The van der Waals surface area contributed by atoms with Crippen molar-refractivity contribution in [2.24, 2.45) is 5.92 Å². The van der Waals surface area contributed by atoms with Gasteiger partial charge in [-0.25, -0.2) is 0 Å². The fourth-order valence-corrected chi connectivity index (χ4v) is 3.15. The molecule has 0 unspecified atom stereocenters. The van der Waals surface area contributed by atoms with Crippen LogP contribution in [0.2, 0.25) is 0 Å². The molecule has 1 aliphatic rings. The molecular weight excluding hydrogens is 350 g/mol. The van der Waals surface area contributed by atoms with E-state index in [9.17, 15) is 9.59 Å². The lowest BCUT2D eigenvalue weighted by Crippen LogP contribution is -2.41. The second-order valence-electron chi connectivity index (χ2n) is 6.51. The fourth-order valence-electron chi connectivity index (χ4n) is 3.15. The van der Waals surface area contributed by atoms with Crippen molar-refractivity contribution in [2.75, 3.05) is 19.6 Å². The Kier molecular flexibility index (Phi) is 4.78. The number of aromatic nitrogens is 1. The van der Waals surface area contributed by atoms with Crippen LogP contribution in [0.25, 0.3) is 11.5 Å². The van der Waals surface area contributed by atoms with Gasteiger partial charge in [0.1, 0.15) is 6.26 Å². The zero-order valence-electron chi connectivity index (χ0n) is 14.6. The maximum Gasteiger partial charge on any atom is 0.273 e. The van der Waals surface area contributed by atoms with E-state index in [0.717, 1.165) is 12.8 Å². The molecule has 140 valence electrons. The van der Waals surface area contributed by atoms with E-state index in [-0.39, 0.29) is 17.5 Å². The van der Waals surface area contributed by atoms with Crippen molar-refractivity contribution in [3.63, 3.8) is 0 Å². The van der Waals surface area contributed by atoms with Gasteiger partial charge >= 0.3 is 0 Å². The van der Waals surface area contributed by atoms with E-state index >= 15 is 0 Å². The highest BCUT2D eigenvalue weighted by atomic mass is 16.5. The summed E-state index contributed by atoms with van der Waals surface area (Å²) in [6.07, 6.45) is 6.15. The number of amides is 2. The average molecular weight is 369 g/mol. The van der Waals surface area contributed by atoms with Crippen LogP contribution in [0.3, 0.4) is 0 Å². The average Bonchev–Trinajstić information content (AvgIpc) is 3.47. The molecule has 0 bridgehead atoms. The highest BCUT2D eigenvalue weighted by Gasteiger charge is 2.25. The lowest BCUT2D eigenvalue weighted by Gasteiger charge is -2.31. The van der Waals surface area contributed by atoms with Crippen LogP contribution in [0.4, 0.5) is 0 Å². The van der Waals surface area contributed by atoms with Crippen molar-refractivity contribution in [1.29, 1.82) is 0 Å². The number of nitrogens with one attached hydrogen (secondary N) is 1. The van der Waals surface area contributed by atoms with Crippen molar-refractivity contribution in [2.45, 2.75) is 12.8 Å². The topological polar surface area (TPSA) is 102 Å². The molecule has 1 fully saturated rings. The number of furan rings is 2. The Labute approximate surface area is 155 Å². The van der Waals surface area contributed by atoms with E-state index in [4.69, 9.17) is 13.4 Å². The number of carbonyl (C=O) groups is 2. The molecule has 0 aromatic carbocycles. The van der Waals surface area contributed by atoms with E-state index in [1.54, 1.807) is 24.3 Å². The summed E-state index contributed by atoms with van der Waals surface area (Å²) < 4.78 is 15.3. The lowest BCUT2D eigenvalue weighted by atomic mass is 9.96. The van der Waals surface area contributed by atoms with Gasteiger partial charge in [-0.05, 0) is 37.0 Å². The first-order chi connectivity index (χ1) is 13.2. The van der Waals surface area contributed by atoms with Crippen LogP contribution < -0.4 is 5.32 Å². The van der Waals surface area contributed by atoms with Crippen molar-refractivity contribution >= 4 is 11.8 Å². The molecule has 0 aliphatic carbocycles. The quantitative estimate of drug-likeness (QED) is 0.742. The number of carbonyl (C=O) groups excluding carboxylic acids is 2. The summed E-state index contributed by atoms with van der Waals surface area (Å²) in [4.78, 5) is 26.4. The van der Waals surface area contributed by atoms with Gasteiger partial charge in [0, 0.05) is 25.7 Å². The van der Waals surface area contributed by atoms with Crippen LogP contribution in [-0.4, -0.2) is 41.5 Å². The molecule has 8 heteroatoms. The van der Waals surface area contributed by atoms with E-state index in [2.05, 4.69) is 10.5 Å². The van der Waals surface area contributed by atoms with Gasteiger partial charge < -0.3 is 23.6 Å². The highest BCUT2D eigenvalue weighted by Crippen LogP contribution is 2.21. The fraction of sp³-hybridized carbons (Fsp3) is 0.316. The number of nitrogens with zero attached hydrogens (tertiary/aromatic N) is 2. The number of hydrogen-bond acceptors (Lipinski definition) is 6. The van der Waals surface area contributed by atoms with Gasteiger partial charge in [0.2, 0.25) is 5.76 Å². The molecule has 1 saturated heterocycles. The van der Waals surface area contributed by atoms with Crippen LogP contribution in [0.15, 0.2) is 56.4 Å². The Bertz CT molecular complexity index is 890. The lowest BCUT2D eigenvalue weighted by molar-refractivity contribution is 0.0683. The molecule has 0 atom stereocenters. The van der Waals surface area contributed by atoms with Gasteiger partial charge in [-0.3, -0.25) is 9.59 Å². The molecule has 1 aliphatic heterocycles. The minimum absolute atomic E-state index is 0.0145. The maximum atomic E-state index is 12.3. The first-order valence-electron chi connectivity index (χ1n) is 8.81. The largest absolute Gasteiger partial charge is 0.472 e. The normalized spacial score (nSPS) is 15.0. The maximum absolute atomic E-state index is 12.3. The van der Waals surface area contributed by atoms with Crippen molar-refractivity contribution < 1.29 is 22.9 Å². The molecule has 4 rings (SSSR count). The van der Waals surface area contributed by atoms with Gasteiger partial charge in [-0.15, -0.1) is 0 Å².